The molecule has 90 valence electrons. The molecule has 0 aromatic heterocycles. The van der Waals surface area contributed by atoms with E-state index in [1.165, 1.54) is 7.11 Å². The van der Waals surface area contributed by atoms with Crippen LogP contribution in [0.3, 0.4) is 0 Å². The molecule has 0 fully saturated rings. The van der Waals surface area contributed by atoms with Gasteiger partial charge in [-0.05, 0) is 32.0 Å². The van der Waals surface area contributed by atoms with Crippen molar-refractivity contribution in [1.29, 1.82) is 5.26 Å². The van der Waals surface area contributed by atoms with Gasteiger partial charge in [-0.2, -0.15) is 5.26 Å². The summed E-state index contributed by atoms with van der Waals surface area (Å²) in [5, 5.41) is 12.0. The zero-order chi connectivity index (χ0) is 12.8. The van der Waals surface area contributed by atoms with Crippen molar-refractivity contribution < 1.29 is 9.53 Å². The molecule has 0 saturated heterocycles. The van der Waals surface area contributed by atoms with Crippen molar-refractivity contribution in [3.63, 3.8) is 0 Å². The molecule has 0 bridgehead atoms. The van der Waals surface area contributed by atoms with Crippen LogP contribution in [0.1, 0.15) is 19.4 Å². The number of ether oxygens (including phenoxy) is 1. The molecule has 2 atom stereocenters. The molecule has 0 heterocycles. The Labute approximate surface area is 101 Å². The van der Waals surface area contributed by atoms with Crippen LogP contribution in [0.2, 0.25) is 0 Å². The van der Waals surface area contributed by atoms with E-state index in [0.717, 1.165) is 5.69 Å². The second-order valence-corrected chi connectivity index (χ2v) is 3.94. The molecule has 1 aromatic rings. The van der Waals surface area contributed by atoms with E-state index in [4.69, 9.17) is 5.26 Å². The second kappa shape index (κ2) is 5.90. The van der Waals surface area contributed by atoms with Gasteiger partial charge >= 0.3 is 5.97 Å². The predicted octanol–water partition coefficient (Wildman–Crippen LogP) is 2.17. The number of carbonyl (C=O) groups excluding carboxylic acids is 1. The third-order valence-corrected chi connectivity index (χ3v) is 2.71. The molecule has 1 aromatic carbocycles. The molecular formula is C13H16N2O2. The van der Waals surface area contributed by atoms with Crippen LogP contribution in [0, 0.1) is 17.2 Å². The van der Waals surface area contributed by atoms with Crippen molar-refractivity contribution in [2.75, 3.05) is 12.4 Å². The van der Waals surface area contributed by atoms with Gasteiger partial charge in [0.15, 0.2) is 0 Å². The van der Waals surface area contributed by atoms with Crippen LogP contribution in [0.25, 0.3) is 0 Å². The minimum Gasteiger partial charge on any atom is -0.469 e. The minimum atomic E-state index is -0.249. The molecule has 4 heteroatoms. The lowest BCUT2D eigenvalue weighted by Crippen LogP contribution is -2.30. The van der Waals surface area contributed by atoms with Gasteiger partial charge in [-0.1, -0.05) is 6.07 Å². The fraction of sp³-hybridized carbons (Fsp3) is 0.385. The van der Waals surface area contributed by atoms with Crippen molar-refractivity contribution in [3.05, 3.63) is 29.8 Å². The molecule has 0 amide bonds. The van der Waals surface area contributed by atoms with E-state index >= 15 is 0 Å². The number of hydrogen-bond acceptors (Lipinski definition) is 4. The van der Waals surface area contributed by atoms with Crippen LogP contribution in [-0.4, -0.2) is 19.1 Å². The van der Waals surface area contributed by atoms with Gasteiger partial charge in [0, 0.05) is 11.7 Å². The minimum absolute atomic E-state index is 0.0589. The summed E-state index contributed by atoms with van der Waals surface area (Å²) in [6.45, 7) is 3.71. The highest BCUT2D eigenvalue weighted by Crippen LogP contribution is 2.15. The Balaban J connectivity index is 2.71. The molecule has 4 nitrogen and oxygen atoms in total. The molecule has 1 rings (SSSR count). The van der Waals surface area contributed by atoms with Crippen LogP contribution in [0.5, 0.6) is 0 Å². The number of methoxy groups -OCH3 is 1. The summed E-state index contributed by atoms with van der Waals surface area (Å²) < 4.78 is 4.68. The maximum Gasteiger partial charge on any atom is 0.310 e. The van der Waals surface area contributed by atoms with Crippen molar-refractivity contribution in [2.45, 2.75) is 19.9 Å². The Morgan fingerprint density at radius 1 is 1.47 bits per heavy atom. The lowest BCUT2D eigenvalue weighted by molar-refractivity contribution is -0.145. The third kappa shape index (κ3) is 3.49. The Morgan fingerprint density at radius 2 is 2.18 bits per heavy atom. The number of rotatable bonds is 4. The highest BCUT2D eigenvalue weighted by atomic mass is 16.5. The Morgan fingerprint density at radius 3 is 2.76 bits per heavy atom. The zero-order valence-electron chi connectivity index (χ0n) is 10.2. The van der Waals surface area contributed by atoms with Crippen LogP contribution in [0.4, 0.5) is 5.69 Å². The highest BCUT2D eigenvalue weighted by Gasteiger charge is 2.20. The summed E-state index contributed by atoms with van der Waals surface area (Å²) in [5.41, 5.74) is 1.42. The number of carbonyl (C=O) groups is 1. The topological polar surface area (TPSA) is 62.1 Å². The van der Waals surface area contributed by atoms with E-state index in [-0.39, 0.29) is 17.9 Å². The number of nitrogens with one attached hydrogen (secondary N) is 1. The van der Waals surface area contributed by atoms with Gasteiger partial charge in [-0.25, -0.2) is 0 Å². The van der Waals surface area contributed by atoms with E-state index in [2.05, 4.69) is 16.1 Å². The summed E-state index contributed by atoms with van der Waals surface area (Å²) in [5.74, 6) is -0.493. The van der Waals surface area contributed by atoms with Gasteiger partial charge in [0.1, 0.15) is 0 Å². The van der Waals surface area contributed by atoms with Crippen LogP contribution in [-0.2, 0) is 9.53 Å². The van der Waals surface area contributed by atoms with Gasteiger partial charge in [0.2, 0.25) is 0 Å². The molecule has 2 unspecified atom stereocenters. The smallest absolute Gasteiger partial charge is 0.310 e. The number of esters is 1. The van der Waals surface area contributed by atoms with Crippen molar-refractivity contribution in [2.24, 2.45) is 5.92 Å². The lowest BCUT2D eigenvalue weighted by atomic mass is 10.0. The van der Waals surface area contributed by atoms with Crippen LogP contribution >= 0.6 is 0 Å². The largest absolute Gasteiger partial charge is 0.469 e. The summed E-state index contributed by atoms with van der Waals surface area (Å²) >= 11 is 0. The fourth-order valence-electron chi connectivity index (χ4n) is 1.46. The highest BCUT2D eigenvalue weighted by molar-refractivity contribution is 5.73. The summed E-state index contributed by atoms with van der Waals surface area (Å²) in [7, 11) is 1.38. The monoisotopic (exact) mass is 232 g/mol. The first kappa shape index (κ1) is 13.0. The SMILES string of the molecule is COC(=O)C(C)C(C)Nc1cccc(C#N)c1. The standard InChI is InChI=1S/C13H16N2O2/c1-9(13(16)17-3)10(2)15-12-6-4-5-11(7-12)8-14/h4-7,9-10,15H,1-3H3. The maximum atomic E-state index is 11.4. The molecule has 0 aliphatic rings. The first-order valence-electron chi connectivity index (χ1n) is 5.43. The number of hydrogen-bond donors (Lipinski definition) is 1. The quantitative estimate of drug-likeness (QED) is 0.808. The Kier molecular flexibility index (Phi) is 4.53. The number of nitriles is 1. The molecular weight excluding hydrogens is 216 g/mol. The van der Waals surface area contributed by atoms with Gasteiger partial charge in [-0.15, -0.1) is 0 Å². The van der Waals surface area contributed by atoms with E-state index in [1.54, 1.807) is 25.1 Å². The first-order valence-corrected chi connectivity index (χ1v) is 5.43. The fourth-order valence-corrected chi connectivity index (χ4v) is 1.46. The van der Waals surface area contributed by atoms with E-state index in [1.807, 2.05) is 13.0 Å². The van der Waals surface area contributed by atoms with Crippen molar-refractivity contribution in [3.8, 4) is 6.07 Å². The first-order chi connectivity index (χ1) is 8.08. The molecule has 1 N–H and O–H groups in total. The van der Waals surface area contributed by atoms with Gasteiger partial charge in [0.25, 0.3) is 0 Å². The number of nitrogens with zero attached hydrogens (tertiary/aromatic N) is 1. The van der Waals surface area contributed by atoms with E-state index in [9.17, 15) is 4.79 Å². The summed E-state index contributed by atoms with van der Waals surface area (Å²) in [4.78, 5) is 11.4. The van der Waals surface area contributed by atoms with Crippen molar-refractivity contribution >= 4 is 11.7 Å². The normalized spacial score (nSPS) is 13.3. The molecule has 0 aliphatic heterocycles. The molecule has 0 aliphatic carbocycles. The molecule has 0 saturated carbocycles. The van der Waals surface area contributed by atoms with E-state index < -0.39 is 0 Å². The van der Waals surface area contributed by atoms with Crippen molar-refractivity contribution in [1.82, 2.24) is 0 Å². The number of benzene rings is 1. The van der Waals surface area contributed by atoms with E-state index in [0.29, 0.717) is 5.56 Å². The van der Waals surface area contributed by atoms with Crippen LogP contribution < -0.4 is 5.32 Å². The maximum absolute atomic E-state index is 11.4. The lowest BCUT2D eigenvalue weighted by Gasteiger charge is -2.20. The third-order valence-electron chi connectivity index (χ3n) is 2.71. The average Bonchev–Trinajstić information content (AvgIpc) is 2.37. The Hall–Kier alpha value is -2.02. The van der Waals surface area contributed by atoms with Gasteiger partial charge in [0.05, 0.1) is 24.7 Å². The molecule has 0 spiro atoms. The molecule has 0 radical (unpaired) electrons. The zero-order valence-corrected chi connectivity index (χ0v) is 10.2. The average molecular weight is 232 g/mol. The predicted molar refractivity (Wildman–Crippen MR) is 65.4 cm³/mol. The second-order valence-electron chi connectivity index (χ2n) is 3.94. The van der Waals surface area contributed by atoms with Gasteiger partial charge < -0.3 is 10.1 Å². The Bertz CT molecular complexity index is 437. The summed E-state index contributed by atoms with van der Waals surface area (Å²) in [6.07, 6.45) is 0. The summed E-state index contributed by atoms with van der Waals surface area (Å²) in [6, 6.07) is 9.16. The number of anilines is 1. The van der Waals surface area contributed by atoms with Gasteiger partial charge in [-0.3, -0.25) is 4.79 Å². The molecule has 17 heavy (non-hydrogen) atoms. The van der Waals surface area contributed by atoms with Crippen LogP contribution in [0.15, 0.2) is 24.3 Å².